The molecule has 31 heavy (non-hydrogen) atoms. The van der Waals surface area contributed by atoms with E-state index in [-0.39, 0.29) is 23.0 Å². The molecule has 1 fully saturated rings. The summed E-state index contributed by atoms with van der Waals surface area (Å²) in [5, 5.41) is 3.86. The summed E-state index contributed by atoms with van der Waals surface area (Å²) in [5.41, 5.74) is 2.14. The van der Waals surface area contributed by atoms with Gasteiger partial charge in [-0.2, -0.15) is 0 Å². The fraction of sp³-hybridized carbons (Fsp3) is 0.333. The number of carbonyl (C=O) groups is 1. The highest BCUT2D eigenvalue weighted by molar-refractivity contribution is 7.13. The molecule has 4 rings (SSSR count). The van der Waals surface area contributed by atoms with Gasteiger partial charge in [-0.25, -0.2) is 13.8 Å². The van der Waals surface area contributed by atoms with Crippen molar-refractivity contribution in [2.24, 2.45) is 0 Å². The molecule has 1 aliphatic heterocycles. The van der Waals surface area contributed by atoms with E-state index < -0.39 is 0 Å². The van der Waals surface area contributed by atoms with Crippen molar-refractivity contribution < 1.29 is 18.3 Å². The predicted molar refractivity (Wildman–Crippen MR) is 117 cm³/mol. The first-order valence-corrected chi connectivity index (χ1v) is 11.1. The summed E-state index contributed by atoms with van der Waals surface area (Å²) in [6, 6.07) is 12.9. The van der Waals surface area contributed by atoms with Crippen molar-refractivity contribution in [1.29, 1.82) is 0 Å². The first kappa shape index (κ1) is 21.6. The molecule has 1 aliphatic rings. The van der Waals surface area contributed by atoms with Crippen molar-refractivity contribution in [3.05, 3.63) is 86.9 Å². The molecule has 2 heterocycles. The van der Waals surface area contributed by atoms with Gasteiger partial charge in [-0.3, -0.25) is 4.79 Å². The molecule has 1 saturated heterocycles. The predicted octanol–water partition coefficient (Wildman–Crippen LogP) is 4.80. The minimum absolute atomic E-state index is 0.178. The van der Waals surface area contributed by atoms with Crippen molar-refractivity contribution >= 4 is 17.2 Å². The maximum atomic E-state index is 13.9. The van der Waals surface area contributed by atoms with Gasteiger partial charge >= 0.3 is 0 Å². The van der Waals surface area contributed by atoms with Crippen LogP contribution in [0.3, 0.4) is 0 Å². The van der Waals surface area contributed by atoms with Crippen LogP contribution in [0, 0.1) is 18.6 Å². The Labute approximate surface area is 184 Å². The third kappa shape index (κ3) is 4.99. The Bertz CT molecular complexity index is 1060. The smallest absolute Gasteiger partial charge is 0.263 e. The molecule has 162 valence electrons. The Kier molecular flexibility index (Phi) is 6.43. The summed E-state index contributed by atoms with van der Waals surface area (Å²) in [5.74, 6) is -0.736. The number of hydrogen-bond acceptors (Lipinski definition) is 4. The van der Waals surface area contributed by atoms with E-state index in [0.717, 1.165) is 16.1 Å². The van der Waals surface area contributed by atoms with Crippen LogP contribution in [-0.2, 0) is 16.6 Å². The van der Waals surface area contributed by atoms with Gasteiger partial charge in [0.2, 0.25) is 0 Å². The largest absolute Gasteiger partial charge is 0.381 e. The molecule has 3 aromatic rings. The van der Waals surface area contributed by atoms with Gasteiger partial charge in [-0.1, -0.05) is 24.3 Å². The second-order valence-corrected chi connectivity index (χ2v) is 8.99. The summed E-state index contributed by atoms with van der Waals surface area (Å²) < 4.78 is 32.5. The van der Waals surface area contributed by atoms with Gasteiger partial charge in [0.05, 0.1) is 10.7 Å². The Morgan fingerprint density at radius 3 is 2.58 bits per heavy atom. The van der Waals surface area contributed by atoms with Crippen molar-refractivity contribution in [3.8, 4) is 0 Å². The molecule has 0 unspecified atom stereocenters. The zero-order valence-corrected chi connectivity index (χ0v) is 18.1. The number of benzene rings is 2. The molecule has 4 nitrogen and oxygen atoms in total. The van der Waals surface area contributed by atoms with E-state index >= 15 is 0 Å². The molecule has 7 heteroatoms. The number of nitrogens with one attached hydrogen (secondary N) is 1. The van der Waals surface area contributed by atoms with E-state index in [1.165, 1.54) is 29.5 Å². The third-order valence-corrected chi connectivity index (χ3v) is 6.95. The number of aromatic nitrogens is 1. The fourth-order valence-electron chi connectivity index (χ4n) is 3.99. The summed E-state index contributed by atoms with van der Waals surface area (Å²) in [4.78, 5) is 18.1. The monoisotopic (exact) mass is 442 g/mol. The van der Waals surface area contributed by atoms with Crippen molar-refractivity contribution in [1.82, 2.24) is 10.3 Å². The average molecular weight is 443 g/mol. The molecule has 1 N–H and O–H groups in total. The number of aryl methyl sites for hydroxylation is 1. The zero-order valence-electron chi connectivity index (χ0n) is 17.3. The van der Waals surface area contributed by atoms with Crippen LogP contribution in [0.1, 0.15) is 44.3 Å². The van der Waals surface area contributed by atoms with Gasteiger partial charge in [-0.05, 0) is 55.2 Å². The van der Waals surface area contributed by atoms with Gasteiger partial charge in [0, 0.05) is 31.6 Å². The highest BCUT2D eigenvalue weighted by atomic mass is 32.1. The second-order valence-electron chi connectivity index (χ2n) is 7.91. The maximum absolute atomic E-state index is 13.9. The van der Waals surface area contributed by atoms with E-state index in [2.05, 4.69) is 10.3 Å². The minimum atomic E-state index is -0.356. The first-order chi connectivity index (χ1) is 14.9. The van der Waals surface area contributed by atoms with E-state index in [0.29, 0.717) is 49.6 Å². The number of halogens is 2. The molecular weight excluding hydrogens is 418 g/mol. The van der Waals surface area contributed by atoms with E-state index in [9.17, 15) is 13.6 Å². The quantitative estimate of drug-likeness (QED) is 0.597. The lowest BCUT2D eigenvalue weighted by molar-refractivity contribution is 0.0486. The third-order valence-electron chi connectivity index (χ3n) is 5.79. The second kappa shape index (κ2) is 9.24. The topological polar surface area (TPSA) is 51.2 Å². The molecule has 0 aliphatic carbocycles. The highest BCUT2D eigenvalue weighted by Gasteiger charge is 2.35. The van der Waals surface area contributed by atoms with Crippen molar-refractivity contribution in [3.63, 3.8) is 0 Å². The first-order valence-electron chi connectivity index (χ1n) is 10.3. The Balaban J connectivity index is 1.48. The van der Waals surface area contributed by atoms with Gasteiger partial charge in [-0.15, -0.1) is 11.3 Å². The Morgan fingerprint density at radius 2 is 1.87 bits per heavy atom. The van der Waals surface area contributed by atoms with Crippen LogP contribution in [0.2, 0.25) is 0 Å². The molecule has 0 radical (unpaired) electrons. The van der Waals surface area contributed by atoms with Crippen molar-refractivity contribution in [2.75, 3.05) is 19.8 Å². The molecular formula is C24H24F2N2O2S. The van der Waals surface area contributed by atoms with Gasteiger partial charge < -0.3 is 10.1 Å². The Morgan fingerprint density at radius 1 is 1.13 bits per heavy atom. The summed E-state index contributed by atoms with van der Waals surface area (Å²) in [6.07, 6.45) is 1.98. The number of nitrogens with zero attached hydrogens (tertiary/aromatic N) is 1. The molecule has 0 atom stereocenters. The number of ether oxygens (including phenoxy) is 1. The van der Waals surface area contributed by atoms with Crippen molar-refractivity contribution in [2.45, 2.75) is 31.6 Å². The Hall–Kier alpha value is -2.64. The van der Waals surface area contributed by atoms with Crippen LogP contribution >= 0.6 is 11.3 Å². The van der Waals surface area contributed by atoms with Gasteiger partial charge in [0.25, 0.3) is 5.91 Å². The normalized spacial score (nSPS) is 15.6. The van der Waals surface area contributed by atoms with Gasteiger partial charge in [0.1, 0.15) is 16.5 Å². The summed E-state index contributed by atoms with van der Waals surface area (Å²) >= 11 is 1.35. The van der Waals surface area contributed by atoms with Crippen LogP contribution in [0.5, 0.6) is 0 Å². The summed E-state index contributed by atoms with van der Waals surface area (Å²) in [6.45, 7) is 3.38. The molecule has 2 aromatic carbocycles. The zero-order chi connectivity index (χ0) is 21.8. The standard InChI is InChI=1S/C24H24F2N2O2S/c1-16-22(31-21(28-16)13-17-5-7-19(25)8-6-17)23(29)27-15-24(9-11-30-12-10-24)18-3-2-4-20(26)14-18/h2-8,14H,9-13,15H2,1H3,(H,27,29). The lowest BCUT2D eigenvalue weighted by Crippen LogP contribution is -2.44. The van der Waals surface area contributed by atoms with E-state index in [1.54, 1.807) is 24.3 Å². The lowest BCUT2D eigenvalue weighted by atomic mass is 9.74. The SMILES string of the molecule is Cc1nc(Cc2ccc(F)cc2)sc1C(=O)NCC1(c2cccc(F)c2)CCOCC1. The van der Waals surface area contributed by atoms with Gasteiger partial charge in [0.15, 0.2) is 0 Å². The molecule has 0 spiro atoms. The van der Waals surface area contributed by atoms with Crippen LogP contribution in [0.15, 0.2) is 48.5 Å². The van der Waals surface area contributed by atoms with E-state index in [4.69, 9.17) is 4.74 Å². The number of hydrogen-bond donors (Lipinski definition) is 1. The minimum Gasteiger partial charge on any atom is -0.381 e. The van der Waals surface area contributed by atoms with Crippen LogP contribution < -0.4 is 5.32 Å². The number of amides is 1. The number of rotatable bonds is 6. The molecule has 0 bridgehead atoms. The maximum Gasteiger partial charge on any atom is 0.263 e. The van der Waals surface area contributed by atoms with E-state index in [1.807, 2.05) is 13.0 Å². The lowest BCUT2D eigenvalue weighted by Gasteiger charge is -2.38. The molecule has 1 amide bonds. The average Bonchev–Trinajstić information content (AvgIpc) is 3.14. The van der Waals surface area contributed by atoms with Crippen LogP contribution in [-0.4, -0.2) is 30.6 Å². The molecule has 1 aromatic heterocycles. The van der Waals surface area contributed by atoms with Crippen LogP contribution in [0.4, 0.5) is 8.78 Å². The molecule has 0 saturated carbocycles. The summed E-state index contributed by atoms with van der Waals surface area (Å²) in [7, 11) is 0. The number of carbonyl (C=O) groups excluding carboxylic acids is 1. The highest BCUT2D eigenvalue weighted by Crippen LogP contribution is 2.35. The fourth-order valence-corrected chi connectivity index (χ4v) is 5.01. The van der Waals surface area contributed by atoms with Crippen LogP contribution in [0.25, 0.3) is 0 Å². The number of thiazole rings is 1.